The Morgan fingerprint density at radius 3 is 2.19 bits per heavy atom. The van der Waals surface area contributed by atoms with Gasteiger partial charge in [0.2, 0.25) is 15.9 Å². The van der Waals surface area contributed by atoms with Crippen molar-refractivity contribution in [1.82, 2.24) is 9.21 Å². The molecule has 0 bridgehead atoms. The zero-order valence-corrected chi connectivity index (χ0v) is 23.4. The van der Waals surface area contributed by atoms with E-state index >= 15 is 0 Å². The van der Waals surface area contributed by atoms with E-state index in [1.165, 1.54) is 0 Å². The van der Waals surface area contributed by atoms with Crippen LogP contribution in [0.5, 0.6) is 11.5 Å². The van der Waals surface area contributed by atoms with Crippen LogP contribution in [0.1, 0.15) is 53.4 Å². The summed E-state index contributed by atoms with van der Waals surface area (Å²) in [7, 11) is -3.31. The molecule has 2 aromatic carbocycles. The molecule has 8 heteroatoms. The van der Waals surface area contributed by atoms with Crippen LogP contribution in [0.4, 0.5) is 5.69 Å². The van der Waals surface area contributed by atoms with Gasteiger partial charge in [0.1, 0.15) is 11.5 Å². The number of likely N-dealkylation sites (tertiary alicyclic amines) is 1. The normalized spacial score (nSPS) is 20.1. The van der Waals surface area contributed by atoms with Crippen LogP contribution in [0, 0.1) is 11.3 Å². The molecule has 202 valence electrons. The van der Waals surface area contributed by atoms with E-state index in [1.807, 2.05) is 68.4 Å². The predicted octanol–water partition coefficient (Wildman–Crippen LogP) is 5.36. The largest absolute Gasteiger partial charge is 0.457 e. The molecule has 1 spiro atoms. The van der Waals surface area contributed by atoms with Gasteiger partial charge in [-0.2, -0.15) is 4.31 Å². The molecule has 2 fully saturated rings. The first-order valence-corrected chi connectivity index (χ1v) is 14.9. The van der Waals surface area contributed by atoms with Crippen LogP contribution < -0.4 is 10.1 Å². The number of amides is 1. The average Bonchev–Trinajstić information content (AvgIpc) is 2.83. The lowest BCUT2D eigenvalue weighted by atomic mass is 9.69. The fraction of sp³-hybridized carbons (Fsp3) is 0.552. The zero-order valence-electron chi connectivity index (χ0n) is 22.6. The Labute approximate surface area is 222 Å². The molecule has 0 unspecified atom stereocenters. The van der Waals surface area contributed by atoms with Crippen LogP contribution in [0.15, 0.2) is 54.6 Å². The molecule has 0 saturated carbocycles. The summed E-state index contributed by atoms with van der Waals surface area (Å²) in [6, 6.07) is 17.0. The van der Waals surface area contributed by atoms with Crippen molar-refractivity contribution in [3.63, 3.8) is 0 Å². The summed E-state index contributed by atoms with van der Waals surface area (Å²) in [5.74, 6) is 1.73. The van der Waals surface area contributed by atoms with Crippen molar-refractivity contribution >= 4 is 21.6 Å². The van der Waals surface area contributed by atoms with Crippen molar-refractivity contribution in [2.24, 2.45) is 11.3 Å². The quantitative estimate of drug-likeness (QED) is 0.500. The van der Waals surface area contributed by atoms with E-state index in [0.29, 0.717) is 18.8 Å². The molecule has 0 radical (unpaired) electrons. The number of hydrogen-bond donors (Lipinski definition) is 1. The van der Waals surface area contributed by atoms with Gasteiger partial charge in [-0.3, -0.25) is 9.69 Å². The minimum Gasteiger partial charge on any atom is -0.457 e. The second-order valence-electron chi connectivity index (χ2n) is 11.8. The lowest BCUT2D eigenvalue weighted by Crippen LogP contribution is -2.59. The highest BCUT2D eigenvalue weighted by molar-refractivity contribution is 7.89. The standard InChI is InChI=1S/C29H41N3O4S/c1-23(2)21-37(34,35)32-22-29(15-14-28(32,3)4)16-18-31(19-17-29)20-27(33)30-24-10-12-26(13-11-24)36-25-8-6-5-7-9-25/h5-13,23H,14-22H2,1-4H3,(H,30,33). The number of anilines is 1. The number of nitrogens with one attached hydrogen (secondary N) is 1. The number of hydrogen-bond acceptors (Lipinski definition) is 5. The fourth-order valence-corrected chi connectivity index (χ4v) is 7.84. The molecule has 2 aliphatic rings. The molecule has 2 saturated heterocycles. The van der Waals surface area contributed by atoms with E-state index < -0.39 is 10.0 Å². The molecular weight excluding hydrogens is 486 g/mol. The summed E-state index contributed by atoms with van der Waals surface area (Å²) in [5.41, 5.74) is 0.387. The topological polar surface area (TPSA) is 79.0 Å². The number of carbonyl (C=O) groups is 1. The fourth-order valence-electron chi connectivity index (χ4n) is 5.51. The van der Waals surface area contributed by atoms with Crippen LogP contribution in [0.2, 0.25) is 0 Å². The maximum Gasteiger partial charge on any atom is 0.238 e. The molecule has 37 heavy (non-hydrogen) atoms. The van der Waals surface area contributed by atoms with Gasteiger partial charge >= 0.3 is 0 Å². The van der Waals surface area contributed by atoms with Gasteiger partial charge in [0.05, 0.1) is 12.3 Å². The van der Waals surface area contributed by atoms with E-state index in [4.69, 9.17) is 4.74 Å². The van der Waals surface area contributed by atoms with Gasteiger partial charge in [0, 0.05) is 17.8 Å². The third-order valence-corrected chi connectivity index (χ3v) is 10.1. The van der Waals surface area contributed by atoms with E-state index in [-0.39, 0.29) is 28.5 Å². The maximum absolute atomic E-state index is 13.2. The maximum atomic E-state index is 13.2. The number of ether oxygens (including phenoxy) is 1. The summed E-state index contributed by atoms with van der Waals surface area (Å²) in [5, 5.41) is 2.98. The Kier molecular flexibility index (Phi) is 8.31. The van der Waals surface area contributed by atoms with Crippen molar-refractivity contribution < 1.29 is 17.9 Å². The highest BCUT2D eigenvalue weighted by Crippen LogP contribution is 2.46. The Morgan fingerprint density at radius 2 is 1.57 bits per heavy atom. The van der Waals surface area contributed by atoms with Crippen LogP contribution in [0.25, 0.3) is 0 Å². The van der Waals surface area contributed by atoms with Gasteiger partial charge in [-0.05, 0) is 100 Å². The molecule has 1 N–H and O–H groups in total. The SMILES string of the molecule is CC(C)CS(=O)(=O)N1CC2(CCN(CC(=O)Nc3ccc(Oc4ccccc4)cc3)CC2)CCC1(C)C. The Morgan fingerprint density at radius 1 is 0.946 bits per heavy atom. The number of nitrogens with zero attached hydrogens (tertiary/aromatic N) is 2. The molecule has 2 aliphatic heterocycles. The van der Waals surface area contributed by atoms with Crippen molar-refractivity contribution in [3.05, 3.63) is 54.6 Å². The lowest BCUT2D eigenvalue weighted by molar-refractivity contribution is -0.118. The van der Waals surface area contributed by atoms with Crippen molar-refractivity contribution in [1.29, 1.82) is 0 Å². The summed E-state index contributed by atoms with van der Waals surface area (Å²) in [6.45, 7) is 10.5. The van der Waals surface area contributed by atoms with Crippen molar-refractivity contribution in [3.8, 4) is 11.5 Å². The minimum atomic E-state index is -3.31. The van der Waals surface area contributed by atoms with Gasteiger partial charge in [-0.25, -0.2) is 8.42 Å². The number of carbonyl (C=O) groups excluding carboxylic acids is 1. The monoisotopic (exact) mass is 527 g/mol. The van der Waals surface area contributed by atoms with Gasteiger partial charge in [-0.15, -0.1) is 0 Å². The van der Waals surface area contributed by atoms with E-state index in [1.54, 1.807) is 4.31 Å². The lowest BCUT2D eigenvalue weighted by Gasteiger charge is -2.53. The zero-order chi connectivity index (χ0) is 26.7. The Bertz CT molecular complexity index is 1160. The van der Waals surface area contributed by atoms with Crippen LogP contribution in [0.3, 0.4) is 0 Å². The molecule has 2 heterocycles. The number of para-hydroxylation sites is 1. The molecule has 2 aromatic rings. The first-order chi connectivity index (χ1) is 17.5. The third-order valence-electron chi connectivity index (χ3n) is 7.70. The third kappa shape index (κ3) is 7.12. The summed E-state index contributed by atoms with van der Waals surface area (Å²) >= 11 is 0. The highest BCUT2D eigenvalue weighted by atomic mass is 32.2. The molecular formula is C29H41N3O4S. The number of piperidine rings is 2. The van der Waals surface area contributed by atoms with Crippen molar-refractivity contribution in [2.75, 3.05) is 37.2 Å². The van der Waals surface area contributed by atoms with E-state index in [0.717, 1.165) is 50.2 Å². The Balaban J connectivity index is 1.28. The second-order valence-corrected chi connectivity index (χ2v) is 13.7. The Hall–Kier alpha value is -2.42. The van der Waals surface area contributed by atoms with Crippen molar-refractivity contribution in [2.45, 2.75) is 58.9 Å². The number of sulfonamides is 1. The molecule has 0 aliphatic carbocycles. The minimum absolute atomic E-state index is 0.00112. The summed E-state index contributed by atoms with van der Waals surface area (Å²) in [6.07, 6.45) is 3.73. The van der Waals surface area contributed by atoms with Crippen LogP contribution in [-0.2, 0) is 14.8 Å². The summed E-state index contributed by atoms with van der Waals surface area (Å²) in [4.78, 5) is 14.9. The molecule has 0 aromatic heterocycles. The first kappa shape index (κ1) is 27.6. The van der Waals surface area contributed by atoms with Gasteiger partial charge in [-0.1, -0.05) is 32.0 Å². The average molecular weight is 528 g/mol. The number of benzene rings is 2. The molecule has 4 rings (SSSR count). The molecule has 1 amide bonds. The molecule has 0 atom stereocenters. The van der Waals surface area contributed by atoms with Gasteiger partial charge in [0.15, 0.2) is 0 Å². The first-order valence-electron chi connectivity index (χ1n) is 13.3. The smallest absolute Gasteiger partial charge is 0.238 e. The highest BCUT2D eigenvalue weighted by Gasteiger charge is 2.48. The van der Waals surface area contributed by atoms with E-state index in [9.17, 15) is 13.2 Å². The van der Waals surface area contributed by atoms with Crippen LogP contribution in [-0.4, -0.2) is 61.0 Å². The van der Waals surface area contributed by atoms with E-state index in [2.05, 4.69) is 24.1 Å². The van der Waals surface area contributed by atoms with Gasteiger partial charge < -0.3 is 10.1 Å². The predicted molar refractivity (Wildman–Crippen MR) is 148 cm³/mol. The second kappa shape index (κ2) is 11.1. The van der Waals surface area contributed by atoms with Crippen LogP contribution >= 0.6 is 0 Å². The molecule has 7 nitrogen and oxygen atoms in total. The number of rotatable bonds is 8. The van der Waals surface area contributed by atoms with Gasteiger partial charge in [0.25, 0.3) is 0 Å². The summed E-state index contributed by atoms with van der Waals surface area (Å²) < 4.78 is 34.0.